The Morgan fingerprint density at radius 1 is 1.31 bits per heavy atom. The molecule has 0 saturated carbocycles. The average Bonchev–Trinajstić information content (AvgIpc) is 2.30. The molecule has 85 valence electrons. The minimum atomic E-state index is 0. The summed E-state index contributed by atoms with van der Waals surface area (Å²) in [6, 6.07) is 10.6. The maximum absolute atomic E-state index is 5.02. The topological polar surface area (TPSA) is 35.0 Å². The van der Waals surface area contributed by atoms with Crippen LogP contribution in [-0.4, -0.2) is 17.1 Å². The molecule has 4 heteroatoms. The van der Waals surface area contributed by atoms with Crippen LogP contribution in [0.15, 0.2) is 30.5 Å². The van der Waals surface area contributed by atoms with Crippen molar-refractivity contribution in [1.82, 2.24) is 9.97 Å². The van der Waals surface area contributed by atoms with Gasteiger partial charge in [-0.2, -0.15) is 0 Å². The first-order valence-corrected chi connectivity index (χ1v) is 4.66. The van der Waals surface area contributed by atoms with Crippen LogP contribution < -0.4 is 4.74 Å². The molecule has 2 heterocycles. The average molecular weight is 391 g/mol. The summed E-state index contributed by atoms with van der Waals surface area (Å²) in [6.07, 6.45) is 1.76. The van der Waals surface area contributed by atoms with E-state index in [-0.39, 0.29) is 20.1 Å². The van der Waals surface area contributed by atoms with Gasteiger partial charge in [-0.1, -0.05) is 25.1 Å². The molecule has 0 saturated heterocycles. The first-order chi connectivity index (χ1) is 7.31. The molecule has 3 nitrogen and oxygen atoms in total. The predicted molar refractivity (Wildman–Crippen MR) is 57.6 cm³/mol. The van der Waals surface area contributed by atoms with Crippen molar-refractivity contribution in [1.29, 1.82) is 0 Å². The van der Waals surface area contributed by atoms with Crippen LogP contribution in [0.3, 0.4) is 0 Å². The van der Waals surface area contributed by atoms with Crippen LogP contribution in [0.1, 0.15) is 5.69 Å². The summed E-state index contributed by atoms with van der Waals surface area (Å²) < 4.78 is 5.02. The first kappa shape index (κ1) is 12.8. The standard InChI is InChI=1S/C12H11N2O.Ir/c1-9-10(6-7-12(14-9)15-2)11-5-3-4-8-13-11;/h3-5,7-8H,1-2H3;/q-1;. The van der Waals surface area contributed by atoms with E-state index < -0.39 is 0 Å². The van der Waals surface area contributed by atoms with Crippen molar-refractivity contribution in [2.75, 3.05) is 7.11 Å². The summed E-state index contributed by atoms with van der Waals surface area (Å²) in [6.45, 7) is 1.92. The maximum Gasteiger partial charge on any atom is 0.126 e. The van der Waals surface area contributed by atoms with Gasteiger partial charge < -0.3 is 14.7 Å². The number of hydrogen-bond donors (Lipinski definition) is 0. The van der Waals surface area contributed by atoms with Crippen molar-refractivity contribution in [3.63, 3.8) is 0 Å². The van der Waals surface area contributed by atoms with Crippen LogP contribution in [0.25, 0.3) is 11.3 Å². The fraction of sp³-hybridized carbons (Fsp3) is 0.167. The molecule has 16 heavy (non-hydrogen) atoms. The van der Waals surface area contributed by atoms with Crippen molar-refractivity contribution in [2.45, 2.75) is 6.92 Å². The number of rotatable bonds is 2. The predicted octanol–water partition coefficient (Wildman–Crippen LogP) is 2.26. The van der Waals surface area contributed by atoms with E-state index in [1.165, 1.54) is 0 Å². The van der Waals surface area contributed by atoms with Crippen LogP contribution >= 0.6 is 0 Å². The van der Waals surface area contributed by atoms with Gasteiger partial charge in [0.1, 0.15) is 5.88 Å². The number of nitrogens with zero attached hydrogens (tertiary/aromatic N) is 2. The SMILES string of the molecule is COc1c[c-]c(-c2ccccn2)c(C)n1.[Ir]. The van der Waals surface area contributed by atoms with E-state index in [2.05, 4.69) is 16.0 Å². The van der Waals surface area contributed by atoms with Crippen molar-refractivity contribution in [2.24, 2.45) is 0 Å². The molecule has 2 aromatic heterocycles. The zero-order chi connectivity index (χ0) is 10.7. The van der Waals surface area contributed by atoms with E-state index >= 15 is 0 Å². The van der Waals surface area contributed by atoms with Gasteiger partial charge in [0, 0.05) is 26.3 Å². The minimum Gasteiger partial charge on any atom is -0.524 e. The Bertz CT molecular complexity index is 460. The number of methoxy groups -OCH3 is 1. The van der Waals surface area contributed by atoms with Crippen molar-refractivity contribution >= 4 is 0 Å². The Kier molecular flexibility index (Phi) is 4.59. The zero-order valence-corrected chi connectivity index (χ0v) is 11.4. The van der Waals surface area contributed by atoms with Gasteiger partial charge in [0.15, 0.2) is 0 Å². The molecule has 0 N–H and O–H groups in total. The van der Waals surface area contributed by atoms with Crippen molar-refractivity contribution in [3.8, 4) is 17.1 Å². The first-order valence-electron chi connectivity index (χ1n) is 4.66. The van der Waals surface area contributed by atoms with E-state index in [0.29, 0.717) is 5.88 Å². The van der Waals surface area contributed by atoms with E-state index in [9.17, 15) is 0 Å². The fourth-order valence-corrected chi connectivity index (χ4v) is 1.37. The smallest absolute Gasteiger partial charge is 0.126 e. The second kappa shape index (κ2) is 5.73. The number of pyridine rings is 2. The number of ether oxygens (including phenoxy) is 1. The Balaban J connectivity index is 0.00000128. The Morgan fingerprint density at radius 2 is 2.12 bits per heavy atom. The van der Waals surface area contributed by atoms with Gasteiger partial charge in [-0.05, 0) is 17.5 Å². The van der Waals surface area contributed by atoms with Crippen LogP contribution in [0.2, 0.25) is 0 Å². The van der Waals surface area contributed by atoms with Gasteiger partial charge in [0.2, 0.25) is 0 Å². The Morgan fingerprint density at radius 3 is 2.69 bits per heavy atom. The number of hydrogen-bond acceptors (Lipinski definition) is 3. The van der Waals surface area contributed by atoms with Gasteiger partial charge in [0.05, 0.1) is 7.11 Å². The molecule has 0 aliphatic rings. The summed E-state index contributed by atoms with van der Waals surface area (Å²) in [7, 11) is 1.59. The molecule has 0 aromatic carbocycles. The molecule has 0 aliphatic heterocycles. The van der Waals surface area contributed by atoms with E-state index in [0.717, 1.165) is 17.0 Å². The fourth-order valence-electron chi connectivity index (χ4n) is 1.37. The van der Waals surface area contributed by atoms with Crippen LogP contribution in [-0.2, 0) is 20.1 Å². The third-order valence-corrected chi connectivity index (χ3v) is 2.11. The zero-order valence-electron chi connectivity index (χ0n) is 9.02. The maximum atomic E-state index is 5.02. The molecule has 0 atom stereocenters. The largest absolute Gasteiger partial charge is 0.524 e. The summed E-state index contributed by atoms with van der Waals surface area (Å²) in [4.78, 5) is 8.53. The van der Waals surface area contributed by atoms with Gasteiger partial charge in [0.25, 0.3) is 0 Å². The Hall–Kier alpha value is -1.25. The van der Waals surface area contributed by atoms with Gasteiger partial charge in [-0.15, -0.1) is 11.6 Å². The normalized spacial score (nSPS) is 9.38. The van der Waals surface area contributed by atoms with Gasteiger partial charge in [-0.3, -0.25) is 0 Å². The second-order valence-corrected chi connectivity index (χ2v) is 3.12. The Labute approximate surface area is 108 Å². The quantitative estimate of drug-likeness (QED) is 0.737. The van der Waals surface area contributed by atoms with Gasteiger partial charge >= 0.3 is 0 Å². The second-order valence-electron chi connectivity index (χ2n) is 3.12. The molecule has 0 spiro atoms. The molecule has 0 amide bonds. The number of aromatic nitrogens is 2. The molecule has 0 unspecified atom stereocenters. The molecule has 2 aromatic rings. The molecular formula is C12H11IrN2O-. The summed E-state index contributed by atoms with van der Waals surface area (Å²) >= 11 is 0. The summed E-state index contributed by atoms with van der Waals surface area (Å²) in [5.41, 5.74) is 2.66. The summed E-state index contributed by atoms with van der Waals surface area (Å²) in [5.74, 6) is 0.576. The van der Waals surface area contributed by atoms with E-state index in [1.54, 1.807) is 19.4 Å². The van der Waals surface area contributed by atoms with Crippen LogP contribution in [0.5, 0.6) is 5.88 Å². The molecular weight excluding hydrogens is 380 g/mol. The van der Waals surface area contributed by atoms with E-state index in [4.69, 9.17) is 4.74 Å². The summed E-state index contributed by atoms with van der Waals surface area (Å²) in [5, 5.41) is 0. The van der Waals surface area contributed by atoms with Crippen molar-refractivity contribution in [3.05, 3.63) is 42.2 Å². The third-order valence-electron chi connectivity index (χ3n) is 2.11. The van der Waals surface area contributed by atoms with Gasteiger partial charge in [-0.25, -0.2) is 0 Å². The molecule has 0 fully saturated rings. The monoisotopic (exact) mass is 392 g/mol. The molecule has 0 bridgehead atoms. The third kappa shape index (κ3) is 2.65. The minimum absolute atomic E-state index is 0. The van der Waals surface area contributed by atoms with Crippen LogP contribution in [0, 0.1) is 13.0 Å². The molecule has 1 radical (unpaired) electrons. The molecule has 2 rings (SSSR count). The van der Waals surface area contributed by atoms with E-state index in [1.807, 2.05) is 25.1 Å². The molecule has 0 aliphatic carbocycles. The number of aryl methyl sites for hydroxylation is 1. The van der Waals surface area contributed by atoms with Crippen molar-refractivity contribution < 1.29 is 24.8 Å². The van der Waals surface area contributed by atoms with Crippen LogP contribution in [0.4, 0.5) is 0 Å².